The van der Waals surface area contributed by atoms with Crippen molar-refractivity contribution in [3.05, 3.63) is 28.8 Å². The maximum Gasteiger partial charge on any atom is 0.175 e. The van der Waals surface area contributed by atoms with Crippen molar-refractivity contribution in [2.24, 2.45) is 5.92 Å². The van der Waals surface area contributed by atoms with E-state index >= 15 is 0 Å². The molecule has 1 aliphatic rings. The van der Waals surface area contributed by atoms with E-state index in [0.29, 0.717) is 16.3 Å². The van der Waals surface area contributed by atoms with Crippen molar-refractivity contribution >= 4 is 34.9 Å². The lowest BCUT2D eigenvalue weighted by Gasteiger charge is -2.20. The van der Waals surface area contributed by atoms with E-state index in [0.717, 1.165) is 4.90 Å². The lowest BCUT2D eigenvalue weighted by molar-refractivity contribution is -0.118. The van der Waals surface area contributed by atoms with Gasteiger partial charge in [0, 0.05) is 21.2 Å². The minimum Gasteiger partial charge on any atom is -0.299 e. The molecular formula is C11H9ClO2S. The SMILES string of the molecule is CC(=O)C1CSc2ccc(Cl)cc2C1=O. The van der Waals surface area contributed by atoms with Crippen LogP contribution in [-0.2, 0) is 4.79 Å². The first-order valence-corrected chi connectivity index (χ1v) is 5.93. The van der Waals surface area contributed by atoms with Gasteiger partial charge in [0.05, 0.1) is 5.92 Å². The second-order valence-corrected chi connectivity index (χ2v) is 4.98. The molecule has 0 saturated heterocycles. The highest BCUT2D eigenvalue weighted by Crippen LogP contribution is 2.34. The van der Waals surface area contributed by atoms with Crippen LogP contribution in [0, 0.1) is 5.92 Å². The zero-order valence-corrected chi connectivity index (χ0v) is 9.69. The quantitative estimate of drug-likeness (QED) is 0.708. The van der Waals surface area contributed by atoms with Crippen LogP contribution in [0.15, 0.2) is 23.1 Å². The summed E-state index contributed by atoms with van der Waals surface area (Å²) in [5.41, 5.74) is 0.582. The number of Topliss-reactive ketones (excluding diaryl/α,β-unsaturated/α-hetero) is 2. The molecule has 78 valence electrons. The molecule has 1 atom stereocenters. The van der Waals surface area contributed by atoms with Crippen molar-refractivity contribution in [1.29, 1.82) is 0 Å². The fraction of sp³-hybridized carbons (Fsp3) is 0.273. The first-order chi connectivity index (χ1) is 7.09. The largest absolute Gasteiger partial charge is 0.299 e. The Balaban J connectivity index is 2.45. The third-order valence-corrected chi connectivity index (χ3v) is 3.82. The number of rotatable bonds is 1. The summed E-state index contributed by atoms with van der Waals surface area (Å²) >= 11 is 7.36. The molecule has 15 heavy (non-hydrogen) atoms. The number of benzene rings is 1. The number of fused-ring (bicyclic) bond motifs is 1. The maximum absolute atomic E-state index is 11.9. The molecule has 1 aromatic rings. The molecule has 1 aromatic carbocycles. The Kier molecular flexibility index (Phi) is 2.85. The Hall–Kier alpha value is -0.800. The molecule has 4 heteroatoms. The van der Waals surface area contributed by atoms with Crippen LogP contribution in [0.5, 0.6) is 0 Å². The average Bonchev–Trinajstić information content (AvgIpc) is 2.19. The summed E-state index contributed by atoms with van der Waals surface area (Å²) in [7, 11) is 0. The number of hydrogen-bond donors (Lipinski definition) is 0. The molecule has 0 spiro atoms. The molecule has 0 N–H and O–H groups in total. The molecular weight excluding hydrogens is 232 g/mol. The second-order valence-electron chi connectivity index (χ2n) is 3.48. The van der Waals surface area contributed by atoms with Gasteiger partial charge in [-0.1, -0.05) is 11.6 Å². The second kappa shape index (κ2) is 3.99. The van der Waals surface area contributed by atoms with Crippen molar-refractivity contribution in [2.75, 3.05) is 5.75 Å². The summed E-state index contributed by atoms with van der Waals surface area (Å²) in [4.78, 5) is 24.1. The molecule has 0 saturated carbocycles. The van der Waals surface area contributed by atoms with Crippen molar-refractivity contribution < 1.29 is 9.59 Å². The van der Waals surface area contributed by atoms with Crippen LogP contribution >= 0.6 is 23.4 Å². The van der Waals surface area contributed by atoms with Crippen molar-refractivity contribution in [2.45, 2.75) is 11.8 Å². The summed E-state index contributed by atoms with van der Waals surface area (Å²) in [6, 6.07) is 5.23. The van der Waals surface area contributed by atoms with Gasteiger partial charge in [0.25, 0.3) is 0 Å². The molecule has 0 fully saturated rings. The highest BCUT2D eigenvalue weighted by Gasteiger charge is 2.30. The molecule has 0 amide bonds. The molecule has 1 aliphatic heterocycles. The van der Waals surface area contributed by atoms with Crippen LogP contribution in [0.3, 0.4) is 0 Å². The van der Waals surface area contributed by atoms with Crippen LogP contribution in [0.25, 0.3) is 0 Å². The summed E-state index contributed by atoms with van der Waals surface area (Å²) in [6.45, 7) is 1.46. The van der Waals surface area contributed by atoms with Gasteiger partial charge in [-0.3, -0.25) is 9.59 Å². The van der Waals surface area contributed by atoms with E-state index in [4.69, 9.17) is 11.6 Å². The number of halogens is 1. The van der Waals surface area contributed by atoms with Gasteiger partial charge in [0.15, 0.2) is 5.78 Å². The number of carbonyl (C=O) groups excluding carboxylic acids is 2. The summed E-state index contributed by atoms with van der Waals surface area (Å²) in [6.07, 6.45) is 0. The van der Waals surface area contributed by atoms with Gasteiger partial charge >= 0.3 is 0 Å². The van der Waals surface area contributed by atoms with E-state index in [1.807, 2.05) is 6.07 Å². The first-order valence-electron chi connectivity index (χ1n) is 4.56. The van der Waals surface area contributed by atoms with Gasteiger partial charge in [-0.15, -0.1) is 11.8 Å². The smallest absolute Gasteiger partial charge is 0.175 e. The van der Waals surface area contributed by atoms with Crippen molar-refractivity contribution in [1.82, 2.24) is 0 Å². The van der Waals surface area contributed by atoms with Crippen LogP contribution in [0.1, 0.15) is 17.3 Å². The predicted octanol–water partition coefficient (Wildman–Crippen LogP) is 2.83. The van der Waals surface area contributed by atoms with Crippen LogP contribution in [0.4, 0.5) is 0 Å². The predicted molar refractivity (Wildman–Crippen MR) is 60.7 cm³/mol. The fourth-order valence-corrected chi connectivity index (χ4v) is 2.94. The van der Waals surface area contributed by atoms with E-state index < -0.39 is 5.92 Å². The van der Waals surface area contributed by atoms with Gasteiger partial charge < -0.3 is 0 Å². The van der Waals surface area contributed by atoms with Crippen LogP contribution < -0.4 is 0 Å². The number of thioether (sulfide) groups is 1. The summed E-state index contributed by atoms with van der Waals surface area (Å²) in [5.74, 6) is -0.124. The molecule has 0 bridgehead atoms. The van der Waals surface area contributed by atoms with Crippen LogP contribution in [-0.4, -0.2) is 17.3 Å². The maximum atomic E-state index is 11.9. The lowest BCUT2D eigenvalue weighted by Crippen LogP contribution is -2.28. The first kappa shape index (κ1) is 10.7. The third kappa shape index (κ3) is 1.94. The molecule has 2 rings (SSSR count). The van der Waals surface area contributed by atoms with E-state index in [-0.39, 0.29) is 11.6 Å². The summed E-state index contributed by atoms with van der Waals surface area (Å²) < 4.78 is 0. The van der Waals surface area contributed by atoms with Crippen molar-refractivity contribution in [3.8, 4) is 0 Å². The number of hydrogen-bond acceptors (Lipinski definition) is 3. The zero-order valence-electron chi connectivity index (χ0n) is 8.12. The lowest BCUT2D eigenvalue weighted by atomic mass is 9.95. The Labute approximate surface area is 97.0 Å². The Morgan fingerprint density at radius 3 is 2.93 bits per heavy atom. The summed E-state index contributed by atoms with van der Waals surface area (Å²) in [5, 5.41) is 0.534. The zero-order chi connectivity index (χ0) is 11.0. The van der Waals surface area contributed by atoms with E-state index in [1.165, 1.54) is 18.7 Å². The van der Waals surface area contributed by atoms with Gasteiger partial charge in [0.2, 0.25) is 0 Å². The monoisotopic (exact) mass is 240 g/mol. The topological polar surface area (TPSA) is 34.1 Å². The Morgan fingerprint density at radius 1 is 1.53 bits per heavy atom. The fourth-order valence-electron chi connectivity index (χ4n) is 1.56. The highest BCUT2D eigenvalue weighted by atomic mass is 35.5. The van der Waals surface area contributed by atoms with Crippen LogP contribution in [0.2, 0.25) is 5.02 Å². The normalized spacial score (nSPS) is 19.9. The van der Waals surface area contributed by atoms with E-state index in [2.05, 4.69) is 0 Å². The van der Waals surface area contributed by atoms with E-state index in [9.17, 15) is 9.59 Å². The third-order valence-electron chi connectivity index (χ3n) is 2.42. The van der Waals surface area contributed by atoms with Crippen molar-refractivity contribution in [3.63, 3.8) is 0 Å². The van der Waals surface area contributed by atoms with Gasteiger partial charge in [-0.25, -0.2) is 0 Å². The van der Waals surface area contributed by atoms with Gasteiger partial charge in [0.1, 0.15) is 5.78 Å². The molecule has 1 unspecified atom stereocenters. The number of carbonyl (C=O) groups is 2. The Morgan fingerprint density at radius 2 is 2.27 bits per heavy atom. The molecule has 0 aromatic heterocycles. The average molecular weight is 241 g/mol. The standard InChI is InChI=1S/C11H9ClO2S/c1-6(13)9-5-15-10-3-2-7(12)4-8(10)11(9)14/h2-4,9H,5H2,1H3. The number of ketones is 2. The van der Waals surface area contributed by atoms with Gasteiger partial charge in [-0.05, 0) is 25.1 Å². The molecule has 1 heterocycles. The highest BCUT2D eigenvalue weighted by molar-refractivity contribution is 7.99. The molecule has 2 nitrogen and oxygen atoms in total. The molecule has 0 radical (unpaired) electrons. The minimum atomic E-state index is -0.499. The van der Waals surface area contributed by atoms with Gasteiger partial charge in [-0.2, -0.15) is 0 Å². The minimum absolute atomic E-state index is 0.0712. The Bertz CT molecular complexity index is 442. The molecule has 0 aliphatic carbocycles. The van der Waals surface area contributed by atoms with E-state index in [1.54, 1.807) is 12.1 Å².